The molecule has 0 saturated heterocycles. The Labute approximate surface area is 152 Å². The van der Waals surface area contributed by atoms with Gasteiger partial charge in [0.25, 0.3) is 0 Å². The van der Waals surface area contributed by atoms with Gasteiger partial charge in [0, 0.05) is 11.1 Å². The molecule has 4 N–H and O–H groups in total. The minimum absolute atomic E-state index is 0.403. The third-order valence-electron chi connectivity index (χ3n) is 3.79. The molecule has 0 amide bonds. The molecule has 140 valence electrons. The topological polar surface area (TPSA) is 158 Å². The minimum atomic E-state index is -2.66. The van der Waals surface area contributed by atoms with E-state index in [0.717, 1.165) is 24.3 Å². The van der Waals surface area contributed by atoms with Crippen LogP contribution in [0.2, 0.25) is 0 Å². The Morgan fingerprint density at radius 2 is 1.15 bits per heavy atom. The third-order valence-corrected chi connectivity index (χ3v) is 3.79. The number of aromatic carboxylic acids is 2. The van der Waals surface area contributed by atoms with Gasteiger partial charge in [-0.3, -0.25) is 0 Å². The Balaban J connectivity index is 2.93. The number of rotatable bonds is 8. The van der Waals surface area contributed by atoms with Crippen LogP contribution < -0.4 is 0 Å². The highest BCUT2D eigenvalue weighted by atomic mass is 16.5. The Kier molecular flexibility index (Phi) is 5.57. The lowest BCUT2D eigenvalue weighted by atomic mass is 9.81. The largest absolute Gasteiger partial charge is 0.480 e. The summed E-state index contributed by atoms with van der Waals surface area (Å²) in [6.07, 6.45) is 0. The summed E-state index contributed by atoms with van der Waals surface area (Å²) >= 11 is 0. The van der Waals surface area contributed by atoms with Crippen molar-refractivity contribution in [3.63, 3.8) is 0 Å². The van der Waals surface area contributed by atoms with E-state index in [1.165, 1.54) is 24.3 Å². The highest BCUT2D eigenvalue weighted by Crippen LogP contribution is 2.38. The Morgan fingerprint density at radius 3 is 1.48 bits per heavy atom. The van der Waals surface area contributed by atoms with E-state index in [1.807, 2.05) is 0 Å². The standard InChI is InChI=1S/C18H14O9/c19-14(20)9-27-18(17(25)26,12-7-3-1-5-10(12)15(21)22)13-8-4-2-6-11(13)16(23)24/h1-8H,9H2,(H,19,20)(H,21,22)(H,23,24)(H,25,26). The van der Waals surface area contributed by atoms with Crippen molar-refractivity contribution in [3.8, 4) is 0 Å². The maximum Gasteiger partial charge on any atom is 0.345 e. The Hall–Kier alpha value is -3.72. The lowest BCUT2D eigenvalue weighted by Gasteiger charge is -2.32. The number of carbonyl (C=O) groups is 4. The number of ether oxygens (including phenoxy) is 1. The molecule has 0 aliphatic carbocycles. The van der Waals surface area contributed by atoms with E-state index in [4.69, 9.17) is 9.84 Å². The van der Waals surface area contributed by atoms with Crippen molar-refractivity contribution in [2.75, 3.05) is 6.61 Å². The molecule has 2 aromatic rings. The second-order valence-electron chi connectivity index (χ2n) is 5.37. The zero-order valence-electron chi connectivity index (χ0n) is 13.7. The highest BCUT2D eigenvalue weighted by molar-refractivity contribution is 5.98. The van der Waals surface area contributed by atoms with Gasteiger partial charge in [0.1, 0.15) is 6.61 Å². The first kappa shape index (κ1) is 19.6. The molecule has 0 aliphatic heterocycles. The number of hydrogen-bond acceptors (Lipinski definition) is 5. The number of carboxylic acids is 4. The van der Waals surface area contributed by atoms with Crippen LogP contribution in [-0.4, -0.2) is 50.9 Å². The van der Waals surface area contributed by atoms with Crippen LogP contribution in [0.5, 0.6) is 0 Å². The minimum Gasteiger partial charge on any atom is -0.480 e. The molecule has 9 heteroatoms. The van der Waals surface area contributed by atoms with E-state index in [0.29, 0.717) is 0 Å². The molecule has 0 aromatic heterocycles. The van der Waals surface area contributed by atoms with Gasteiger partial charge in [-0.1, -0.05) is 36.4 Å². The van der Waals surface area contributed by atoms with Gasteiger partial charge in [0.15, 0.2) is 0 Å². The van der Waals surface area contributed by atoms with Gasteiger partial charge in [0.05, 0.1) is 11.1 Å². The van der Waals surface area contributed by atoms with Crippen LogP contribution in [0, 0.1) is 0 Å². The molecular weight excluding hydrogens is 360 g/mol. The summed E-state index contributed by atoms with van der Waals surface area (Å²) < 4.78 is 5.18. The molecule has 0 bridgehead atoms. The molecule has 0 atom stereocenters. The number of carboxylic acid groups (broad SMARTS) is 4. The van der Waals surface area contributed by atoms with E-state index < -0.39 is 58.3 Å². The van der Waals surface area contributed by atoms with Crippen LogP contribution >= 0.6 is 0 Å². The molecule has 0 heterocycles. The number of hydrogen-bond donors (Lipinski definition) is 4. The number of benzene rings is 2. The van der Waals surface area contributed by atoms with Gasteiger partial charge in [0.2, 0.25) is 5.60 Å². The van der Waals surface area contributed by atoms with Crippen molar-refractivity contribution < 1.29 is 44.3 Å². The van der Waals surface area contributed by atoms with E-state index in [1.54, 1.807) is 0 Å². The quantitative estimate of drug-likeness (QED) is 0.537. The maximum atomic E-state index is 12.3. The Morgan fingerprint density at radius 1 is 0.741 bits per heavy atom. The van der Waals surface area contributed by atoms with Gasteiger partial charge < -0.3 is 25.2 Å². The highest BCUT2D eigenvalue weighted by Gasteiger charge is 2.48. The average molecular weight is 374 g/mol. The summed E-state index contributed by atoms with van der Waals surface area (Å²) in [5, 5.41) is 37.8. The second kappa shape index (κ2) is 7.67. The molecule has 0 unspecified atom stereocenters. The van der Waals surface area contributed by atoms with Crippen molar-refractivity contribution >= 4 is 23.9 Å². The first-order valence-corrected chi connectivity index (χ1v) is 7.46. The van der Waals surface area contributed by atoms with Gasteiger partial charge in [-0.2, -0.15) is 0 Å². The fourth-order valence-electron chi connectivity index (χ4n) is 2.72. The lowest BCUT2D eigenvalue weighted by molar-refractivity contribution is -0.167. The van der Waals surface area contributed by atoms with Crippen molar-refractivity contribution in [2.24, 2.45) is 0 Å². The molecule has 0 radical (unpaired) electrons. The van der Waals surface area contributed by atoms with Crippen molar-refractivity contribution in [3.05, 3.63) is 70.8 Å². The van der Waals surface area contributed by atoms with Gasteiger partial charge >= 0.3 is 23.9 Å². The van der Waals surface area contributed by atoms with Gasteiger partial charge in [-0.25, -0.2) is 19.2 Å². The summed E-state index contributed by atoms with van der Waals surface area (Å²) in [4.78, 5) is 46.5. The van der Waals surface area contributed by atoms with Crippen LogP contribution in [0.15, 0.2) is 48.5 Å². The first-order chi connectivity index (χ1) is 12.7. The maximum absolute atomic E-state index is 12.3. The summed E-state index contributed by atoms with van der Waals surface area (Å²) in [6, 6.07) is 9.88. The molecular formula is C18H14O9. The fourth-order valence-corrected chi connectivity index (χ4v) is 2.72. The lowest BCUT2D eigenvalue weighted by Crippen LogP contribution is -2.43. The summed E-state index contributed by atoms with van der Waals surface area (Å²) in [6.45, 7) is -1.10. The second-order valence-corrected chi connectivity index (χ2v) is 5.37. The van der Waals surface area contributed by atoms with Crippen LogP contribution in [-0.2, 0) is 19.9 Å². The molecule has 2 rings (SSSR count). The van der Waals surface area contributed by atoms with Crippen molar-refractivity contribution in [1.82, 2.24) is 0 Å². The van der Waals surface area contributed by atoms with Crippen LogP contribution in [0.4, 0.5) is 0 Å². The van der Waals surface area contributed by atoms with Crippen molar-refractivity contribution in [1.29, 1.82) is 0 Å². The van der Waals surface area contributed by atoms with E-state index in [2.05, 4.69) is 0 Å². The van der Waals surface area contributed by atoms with E-state index in [-0.39, 0.29) is 0 Å². The van der Waals surface area contributed by atoms with Crippen LogP contribution in [0.3, 0.4) is 0 Å². The predicted octanol–water partition coefficient (Wildman–Crippen LogP) is 1.51. The van der Waals surface area contributed by atoms with E-state index >= 15 is 0 Å². The van der Waals surface area contributed by atoms with Crippen LogP contribution in [0.1, 0.15) is 31.8 Å². The van der Waals surface area contributed by atoms with Gasteiger partial charge in [-0.15, -0.1) is 0 Å². The summed E-state index contributed by atoms with van der Waals surface area (Å²) in [5.41, 5.74) is -4.40. The molecule has 2 aromatic carbocycles. The summed E-state index contributed by atoms with van der Waals surface area (Å²) in [5.74, 6) is -6.24. The fraction of sp³-hybridized carbons (Fsp3) is 0.111. The normalized spacial score (nSPS) is 11.0. The molecule has 0 saturated carbocycles. The molecule has 9 nitrogen and oxygen atoms in total. The SMILES string of the molecule is O=C(O)COC(C(=O)O)(c1ccccc1C(=O)O)c1ccccc1C(=O)O. The smallest absolute Gasteiger partial charge is 0.345 e. The van der Waals surface area contributed by atoms with Crippen molar-refractivity contribution in [2.45, 2.75) is 5.60 Å². The predicted molar refractivity (Wildman–Crippen MR) is 88.8 cm³/mol. The Bertz CT molecular complexity index is 859. The summed E-state index contributed by atoms with van der Waals surface area (Å²) in [7, 11) is 0. The van der Waals surface area contributed by atoms with E-state index in [9.17, 15) is 34.5 Å². The average Bonchev–Trinajstić information content (AvgIpc) is 2.62. The molecule has 0 fully saturated rings. The molecule has 0 spiro atoms. The van der Waals surface area contributed by atoms with Crippen LogP contribution in [0.25, 0.3) is 0 Å². The van der Waals surface area contributed by atoms with Gasteiger partial charge in [-0.05, 0) is 12.1 Å². The first-order valence-electron chi connectivity index (χ1n) is 7.46. The monoisotopic (exact) mass is 374 g/mol. The molecule has 27 heavy (non-hydrogen) atoms. The zero-order chi connectivity index (χ0) is 20.2. The zero-order valence-corrected chi connectivity index (χ0v) is 13.7. The third kappa shape index (κ3) is 3.62. The molecule has 0 aliphatic rings. The number of aliphatic carboxylic acids is 2.